The van der Waals surface area contributed by atoms with Crippen molar-refractivity contribution in [1.82, 2.24) is 4.90 Å². The summed E-state index contributed by atoms with van der Waals surface area (Å²) in [6.45, 7) is 0. The minimum absolute atomic E-state index is 0.231. The number of hydrogen-bond acceptors (Lipinski definition) is 6. The van der Waals surface area contributed by atoms with Gasteiger partial charge in [0.1, 0.15) is 23.0 Å². The minimum atomic E-state index is -1.45. The van der Waals surface area contributed by atoms with Crippen molar-refractivity contribution in [2.45, 2.75) is 17.5 Å². The van der Waals surface area contributed by atoms with Gasteiger partial charge >= 0.3 is 0 Å². The normalized spacial score (nSPS) is 22.9. The van der Waals surface area contributed by atoms with Gasteiger partial charge in [-0.05, 0) is 71.3 Å². The fraction of sp³-hybridized carbons (Fsp3) is 0.171. The standard InChI is InChI=1S/C35H27ClN2O5/c1-42-23-15-16-28(43-2)25(19-23)32(40)29-30(31(39)21-11-13-22(36)14-12-21)38-18-17-20-7-3-4-8-24(20)33(38)35(29)26-9-5-6-10-27(26)37-34(35)41/h3-19,29-30,33H,1-2H3,(H,37,41)/t29-,30+,33+,35+/m0/s1. The smallest absolute Gasteiger partial charge is 0.238 e. The van der Waals surface area contributed by atoms with Crippen molar-refractivity contribution < 1.29 is 23.9 Å². The maximum atomic E-state index is 15.1. The van der Waals surface area contributed by atoms with Gasteiger partial charge in [-0.3, -0.25) is 14.4 Å². The number of nitrogens with zero attached hydrogens (tertiary/aromatic N) is 1. The number of anilines is 1. The summed E-state index contributed by atoms with van der Waals surface area (Å²) in [6, 6.07) is 25.1. The summed E-state index contributed by atoms with van der Waals surface area (Å²) in [5, 5.41) is 3.55. The molecule has 3 heterocycles. The number of Topliss-reactive ketones (excluding diaryl/α,β-unsaturated/α-hetero) is 2. The Morgan fingerprint density at radius 1 is 0.884 bits per heavy atom. The highest BCUT2D eigenvalue weighted by Gasteiger charge is 2.70. The summed E-state index contributed by atoms with van der Waals surface area (Å²) >= 11 is 6.17. The van der Waals surface area contributed by atoms with Gasteiger partial charge in [-0.25, -0.2) is 0 Å². The first kappa shape index (κ1) is 27.0. The molecular weight excluding hydrogens is 564 g/mol. The van der Waals surface area contributed by atoms with Crippen molar-refractivity contribution in [3.63, 3.8) is 0 Å². The number of carbonyl (C=O) groups excluding carboxylic acids is 3. The molecule has 4 aromatic rings. The van der Waals surface area contributed by atoms with Crippen molar-refractivity contribution >= 4 is 40.8 Å². The maximum Gasteiger partial charge on any atom is 0.238 e. The summed E-state index contributed by atoms with van der Waals surface area (Å²) in [4.78, 5) is 46.3. The molecule has 0 aromatic heterocycles. The van der Waals surface area contributed by atoms with E-state index >= 15 is 4.79 Å². The molecule has 0 radical (unpaired) electrons. The van der Waals surface area contributed by atoms with Gasteiger partial charge < -0.3 is 19.7 Å². The third kappa shape index (κ3) is 3.85. The number of nitrogens with one attached hydrogen (secondary N) is 1. The van der Waals surface area contributed by atoms with E-state index in [1.54, 1.807) is 42.5 Å². The van der Waals surface area contributed by atoms with Crippen molar-refractivity contribution in [2.24, 2.45) is 5.92 Å². The van der Waals surface area contributed by atoms with Crippen molar-refractivity contribution in [2.75, 3.05) is 19.5 Å². The first-order valence-electron chi connectivity index (χ1n) is 13.9. The summed E-state index contributed by atoms with van der Waals surface area (Å²) in [6.07, 6.45) is 3.77. The molecule has 4 aromatic carbocycles. The molecule has 0 aliphatic carbocycles. The van der Waals surface area contributed by atoms with E-state index in [0.29, 0.717) is 33.3 Å². The fourth-order valence-electron chi connectivity index (χ4n) is 7.13. The average molecular weight is 591 g/mol. The predicted octanol–water partition coefficient (Wildman–Crippen LogP) is 6.34. The van der Waals surface area contributed by atoms with Crippen LogP contribution < -0.4 is 14.8 Å². The lowest BCUT2D eigenvalue weighted by Gasteiger charge is -2.38. The Morgan fingerprint density at radius 3 is 2.40 bits per heavy atom. The van der Waals surface area contributed by atoms with Crippen LogP contribution in [0.15, 0.2) is 97.2 Å². The molecule has 1 N–H and O–H groups in total. The van der Waals surface area contributed by atoms with Crippen LogP contribution in [0.25, 0.3) is 6.08 Å². The number of halogens is 1. The van der Waals surface area contributed by atoms with Crippen molar-refractivity contribution in [3.8, 4) is 11.5 Å². The van der Waals surface area contributed by atoms with Gasteiger partial charge in [0.15, 0.2) is 11.6 Å². The van der Waals surface area contributed by atoms with Gasteiger partial charge in [0, 0.05) is 22.5 Å². The van der Waals surface area contributed by atoms with Crippen LogP contribution in [0.1, 0.15) is 43.4 Å². The molecular formula is C35H27ClN2O5. The Hall–Kier alpha value is -4.88. The fourth-order valence-corrected chi connectivity index (χ4v) is 7.25. The maximum absolute atomic E-state index is 15.1. The number of ether oxygens (including phenoxy) is 2. The Labute approximate surface area is 253 Å². The van der Waals surface area contributed by atoms with Crippen LogP contribution in [0.2, 0.25) is 5.02 Å². The number of carbonyl (C=O) groups is 3. The van der Waals surface area contributed by atoms with Crippen LogP contribution >= 0.6 is 11.6 Å². The molecule has 214 valence electrons. The van der Waals surface area contributed by atoms with E-state index < -0.39 is 29.2 Å². The van der Waals surface area contributed by atoms with Crippen LogP contribution in [0.5, 0.6) is 11.5 Å². The number of ketones is 2. The minimum Gasteiger partial charge on any atom is -0.497 e. The summed E-state index contributed by atoms with van der Waals surface area (Å²) in [5.41, 5.74) is 2.24. The quantitative estimate of drug-likeness (QED) is 0.264. The van der Waals surface area contributed by atoms with Gasteiger partial charge in [-0.1, -0.05) is 54.1 Å². The Kier molecular flexibility index (Phi) is 6.36. The van der Waals surface area contributed by atoms with Crippen LogP contribution in [0.3, 0.4) is 0 Å². The van der Waals surface area contributed by atoms with Crippen LogP contribution in [-0.2, 0) is 10.2 Å². The Bertz CT molecular complexity index is 1830. The number of amides is 1. The van der Waals surface area contributed by atoms with Gasteiger partial charge in [0.2, 0.25) is 5.91 Å². The molecule has 8 heteroatoms. The van der Waals surface area contributed by atoms with Gasteiger partial charge in [-0.2, -0.15) is 0 Å². The summed E-state index contributed by atoms with van der Waals surface area (Å²) in [5.74, 6) is -1.38. The number of para-hydroxylation sites is 1. The topological polar surface area (TPSA) is 84.9 Å². The zero-order valence-electron chi connectivity index (χ0n) is 23.4. The van der Waals surface area contributed by atoms with Crippen molar-refractivity contribution in [1.29, 1.82) is 0 Å². The van der Waals surface area contributed by atoms with E-state index in [0.717, 1.165) is 11.1 Å². The molecule has 1 amide bonds. The molecule has 1 saturated heterocycles. The molecule has 0 unspecified atom stereocenters. The van der Waals surface area contributed by atoms with E-state index in [1.165, 1.54) is 14.2 Å². The SMILES string of the molecule is COc1ccc(OC)c(C(=O)[C@@H]2[C@H](C(=O)c3ccc(Cl)cc3)N3C=Cc4ccccc4[C@@H]3[C@]23C(=O)Nc2ccccc23)c1. The van der Waals surface area contributed by atoms with E-state index in [4.69, 9.17) is 21.1 Å². The summed E-state index contributed by atoms with van der Waals surface area (Å²) < 4.78 is 11.1. The molecule has 3 aliphatic heterocycles. The zero-order chi connectivity index (χ0) is 29.9. The molecule has 1 spiro atoms. The van der Waals surface area contributed by atoms with E-state index in [2.05, 4.69) is 5.32 Å². The molecule has 0 bridgehead atoms. The van der Waals surface area contributed by atoms with Gasteiger partial charge in [-0.15, -0.1) is 0 Å². The largest absolute Gasteiger partial charge is 0.497 e. The number of methoxy groups -OCH3 is 2. The highest BCUT2D eigenvalue weighted by atomic mass is 35.5. The molecule has 3 aliphatic rings. The highest BCUT2D eigenvalue weighted by molar-refractivity contribution is 6.30. The molecule has 43 heavy (non-hydrogen) atoms. The van der Waals surface area contributed by atoms with E-state index in [9.17, 15) is 9.59 Å². The molecule has 7 rings (SSSR count). The molecule has 4 atom stereocenters. The lowest BCUT2D eigenvalue weighted by Crippen LogP contribution is -2.49. The zero-order valence-corrected chi connectivity index (χ0v) is 24.2. The average Bonchev–Trinajstić information content (AvgIpc) is 3.52. The van der Waals surface area contributed by atoms with Crippen LogP contribution in [-0.4, -0.2) is 42.6 Å². The van der Waals surface area contributed by atoms with Crippen LogP contribution in [0.4, 0.5) is 5.69 Å². The highest BCUT2D eigenvalue weighted by Crippen LogP contribution is 2.62. The van der Waals surface area contributed by atoms with E-state index in [-0.39, 0.29) is 17.3 Å². The lowest BCUT2D eigenvalue weighted by atomic mass is 9.62. The monoisotopic (exact) mass is 590 g/mol. The second kappa shape index (κ2) is 10.1. The van der Waals surface area contributed by atoms with Gasteiger partial charge in [0.05, 0.1) is 31.7 Å². The first-order valence-corrected chi connectivity index (χ1v) is 14.3. The number of rotatable bonds is 6. The molecule has 1 fully saturated rings. The Balaban J connectivity index is 1.55. The number of hydrogen-bond donors (Lipinski definition) is 1. The number of fused-ring (bicyclic) bond motifs is 6. The Morgan fingerprint density at radius 2 is 1.63 bits per heavy atom. The predicted molar refractivity (Wildman–Crippen MR) is 164 cm³/mol. The van der Waals surface area contributed by atoms with Gasteiger partial charge in [0.25, 0.3) is 0 Å². The number of benzene rings is 4. The van der Waals surface area contributed by atoms with Crippen LogP contribution in [0, 0.1) is 5.92 Å². The third-order valence-electron chi connectivity index (χ3n) is 8.92. The third-order valence-corrected chi connectivity index (χ3v) is 9.17. The second-order valence-electron chi connectivity index (χ2n) is 10.9. The van der Waals surface area contributed by atoms with Crippen molar-refractivity contribution in [3.05, 3.63) is 130 Å². The molecule has 7 nitrogen and oxygen atoms in total. The first-order chi connectivity index (χ1) is 20.9. The lowest BCUT2D eigenvalue weighted by molar-refractivity contribution is -0.122. The molecule has 0 saturated carbocycles. The second-order valence-corrected chi connectivity index (χ2v) is 11.3. The summed E-state index contributed by atoms with van der Waals surface area (Å²) in [7, 11) is 3.00. The van der Waals surface area contributed by atoms with E-state index in [1.807, 2.05) is 65.7 Å².